The summed E-state index contributed by atoms with van der Waals surface area (Å²) in [6.07, 6.45) is 3.07. The molecule has 1 fully saturated rings. The fraction of sp³-hybridized carbons (Fsp3) is 0.667. The number of hydrogen-bond acceptors (Lipinski definition) is 4. The molecule has 1 heterocycles. The molecule has 1 atom stereocenters. The number of rotatable bonds is 11. The van der Waals surface area contributed by atoms with Crippen molar-refractivity contribution in [3.05, 3.63) is 35.9 Å². The Morgan fingerprint density at radius 2 is 2.03 bits per heavy atom. The number of likely N-dealkylation sites (tertiary alicyclic amines) is 1. The molecule has 1 saturated heterocycles. The van der Waals surface area contributed by atoms with Gasteiger partial charge in [-0.3, -0.25) is 4.99 Å². The third kappa shape index (κ3) is 9.49. The van der Waals surface area contributed by atoms with Gasteiger partial charge in [0.25, 0.3) is 0 Å². The molecule has 1 aliphatic heterocycles. The maximum Gasteiger partial charge on any atom is 0.211 e. The zero-order valence-electron chi connectivity index (χ0n) is 18.4. The highest BCUT2D eigenvalue weighted by molar-refractivity contribution is 14.0. The van der Waals surface area contributed by atoms with Crippen LogP contribution in [0.5, 0.6) is 0 Å². The van der Waals surface area contributed by atoms with Crippen LogP contribution in [0.25, 0.3) is 0 Å². The lowest BCUT2D eigenvalue weighted by molar-refractivity contribution is 0.0907. The van der Waals surface area contributed by atoms with Crippen molar-refractivity contribution in [2.24, 2.45) is 10.9 Å². The van der Waals surface area contributed by atoms with E-state index in [1.807, 2.05) is 25.1 Å². The van der Waals surface area contributed by atoms with Crippen molar-refractivity contribution in [1.82, 2.24) is 14.5 Å². The maximum atomic E-state index is 11.7. The van der Waals surface area contributed by atoms with E-state index in [2.05, 4.69) is 29.3 Å². The van der Waals surface area contributed by atoms with E-state index in [-0.39, 0.29) is 24.0 Å². The smallest absolute Gasteiger partial charge is 0.211 e. The number of hydrogen-bond donors (Lipinski definition) is 1. The standard InChI is InChI=1S/C21H36N4O3S.HI/c1-4-22-21(23-13-9-14-25(5-2)29(3,26)27)24-15-12-20(16-24)18-28-17-19-10-7-6-8-11-19;/h6-8,10-11,20H,4-5,9,12-18H2,1-3H3,(H,22,23);1H. The number of aliphatic imine (C=N–C) groups is 1. The summed E-state index contributed by atoms with van der Waals surface area (Å²) in [4.78, 5) is 7.00. The third-order valence-electron chi connectivity index (χ3n) is 5.03. The molecule has 0 aliphatic carbocycles. The van der Waals surface area contributed by atoms with Crippen molar-refractivity contribution >= 4 is 40.0 Å². The highest BCUT2D eigenvalue weighted by Crippen LogP contribution is 2.17. The minimum Gasteiger partial charge on any atom is -0.376 e. The molecule has 0 aromatic heterocycles. The highest BCUT2D eigenvalue weighted by atomic mass is 127. The minimum absolute atomic E-state index is 0. The Balaban J connectivity index is 0.00000450. The molecule has 1 aromatic rings. The Bertz CT molecular complexity index is 731. The molecule has 0 bridgehead atoms. The molecule has 1 aromatic carbocycles. The summed E-state index contributed by atoms with van der Waals surface area (Å²) in [7, 11) is -3.13. The molecule has 0 saturated carbocycles. The van der Waals surface area contributed by atoms with Crippen LogP contribution in [-0.4, -0.2) is 75.7 Å². The molecular formula is C21H37IN4O3S. The van der Waals surface area contributed by atoms with Crippen molar-refractivity contribution in [2.45, 2.75) is 33.3 Å². The number of halogens is 1. The van der Waals surface area contributed by atoms with Gasteiger partial charge in [-0.25, -0.2) is 12.7 Å². The lowest BCUT2D eigenvalue weighted by Crippen LogP contribution is -2.40. The molecule has 1 unspecified atom stereocenters. The van der Waals surface area contributed by atoms with Crippen molar-refractivity contribution < 1.29 is 13.2 Å². The normalized spacial score (nSPS) is 17.3. The van der Waals surface area contributed by atoms with Gasteiger partial charge in [0.2, 0.25) is 10.0 Å². The first-order chi connectivity index (χ1) is 13.9. The van der Waals surface area contributed by atoms with Gasteiger partial charge in [-0.1, -0.05) is 37.3 Å². The van der Waals surface area contributed by atoms with Crippen molar-refractivity contribution in [3.63, 3.8) is 0 Å². The van der Waals surface area contributed by atoms with Crippen LogP contribution in [0, 0.1) is 5.92 Å². The number of nitrogens with zero attached hydrogens (tertiary/aromatic N) is 3. The van der Waals surface area contributed by atoms with Crippen LogP contribution >= 0.6 is 24.0 Å². The summed E-state index contributed by atoms with van der Waals surface area (Å²) >= 11 is 0. The Hall–Kier alpha value is -0.910. The van der Waals surface area contributed by atoms with Crippen molar-refractivity contribution in [1.29, 1.82) is 0 Å². The largest absolute Gasteiger partial charge is 0.376 e. The average Bonchev–Trinajstić information content (AvgIpc) is 3.15. The van der Waals surface area contributed by atoms with E-state index < -0.39 is 10.0 Å². The minimum atomic E-state index is -3.13. The highest BCUT2D eigenvalue weighted by Gasteiger charge is 2.25. The molecule has 2 rings (SSSR count). The number of nitrogens with one attached hydrogen (secondary N) is 1. The second-order valence-electron chi connectivity index (χ2n) is 7.45. The van der Waals surface area contributed by atoms with Crippen LogP contribution in [0.4, 0.5) is 0 Å². The number of guanidine groups is 1. The van der Waals surface area contributed by atoms with Gasteiger partial charge in [0.05, 0.1) is 19.5 Å². The van der Waals surface area contributed by atoms with E-state index in [1.54, 1.807) is 0 Å². The van der Waals surface area contributed by atoms with Crippen LogP contribution in [0.15, 0.2) is 35.3 Å². The second-order valence-corrected chi connectivity index (χ2v) is 9.43. The van der Waals surface area contributed by atoms with Gasteiger partial charge in [-0.15, -0.1) is 24.0 Å². The van der Waals surface area contributed by atoms with Gasteiger partial charge in [0, 0.05) is 45.2 Å². The zero-order chi connectivity index (χ0) is 21.1. The molecule has 172 valence electrons. The summed E-state index contributed by atoms with van der Waals surface area (Å²) in [5.74, 6) is 1.42. The first-order valence-corrected chi connectivity index (χ1v) is 12.4. The molecule has 1 N–H and O–H groups in total. The van der Waals surface area contributed by atoms with E-state index in [0.717, 1.165) is 38.6 Å². The van der Waals surface area contributed by atoms with Crippen LogP contribution in [0.2, 0.25) is 0 Å². The van der Waals surface area contributed by atoms with Crippen molar-refractivity contribution in [2.75, 3.05) is 52.1 Å². The molecule has 30 heavy (non-hydrogen) atoms. The molecule has 0 radical (unpaired) electrons. The molecule has 0 spiro atoms. The third-order valence-corrected chi connectivity index (χ3v) is 6.41. The number of sulfonamides is 1. The van der Waals surface area contributed by atoms with Crippen LogP contribution in [0.3, 0.4) is 0 Å². The van der Waals surface area contributed by atoms with E-state index in [0.29, 0.717) is 38.6 Å². The van der Waals surface area contributed by atoms with Gasteiger partial charge in [0.15, 0.2) is 5.96 Å². The molecule has 7 nitrogen and oxygen atoms in total. The van der Waals surface area contributed by atoms with Gasteiger partial charge >= 0.3 is 0 Å². The summed E-state index contributed by atoms with van der Waals surface area (Å²) in [6, 6.07) is 10.2. The fourth-order valence-electron chi connectivity index (χ4n) is 3.50. The molecular weight excluding hydrogens is 515 g/mol. The fourth-order valence-corrected chi connectivity index (χ4v) is 4.42. The lowest BCUT2D eigenvalue weighted by Gasteiger charge is -2.22. The molecule has 9 heteroatoms. The monoisotopic (exact) mass is 552 g/mol. The van der Waals surface area contributed by atoms with Crippen LogP contribution in [0.1, 0.15) is 32.3 Å². The summed E-state index contributed by atoms with van der Waals surface area (Å²) < 4.78 is 30.7. The number of benzene rings is 1. The maximum absolute atomic E-state index is 11.7. The Kier molecular flexibility index (Phi) is 12.8. The lowest BCUT2D eigenvalue weighted by atomic mass is 10.1. The van der Waals surface area contributed by atoms with Gasteiger partial charge in [-0.05, 0) is 25.3 Å². The zero-order valence-corrected chi connectivity index (χ0v) is 21.6. The van der Waals surface area contributed by atoms with Crippen molar-refractivity contribution in [3.8, 4) is 0 Å². The summed E-state index contributed by atoms with van der Waals surface area (Å²) in [5.41, 5.74) is 1.20. The Labute approximate surface area is 199 Å². The Morgan fingerprint density at radius 1 is 1.30 bits per heavy atom. The predicted molar refractivity (Wildman–Crippen MR) is 134 cm³/mol. The quantitative estimate of drug-likeness (QED) is 0.198. The predicted octanol–water partition coefficient (Wildman–Crippen LogP) is 2.78. The van der Waals surface area contributed by atoms with E-state index in [4.69, 9.17) is 9.73 Å². The second kappa shape index (κ2) is 14.2. The SMILES string of the molecule is CCNC(=NCCCN(CC)S(C)(=O)=O)N1CCC(COCc2ccccc2)C1.I. The first-order valence-electron chi connectivity index (χ1n) is 10.5. The molecule has 0 amide bonds. The van der Waals surface area contributed by atoms with Gasteiger partial charge in [-0.2, -0.15) is 0 Å². The van der Waals surface area contributed by atoms with Gasteiger partial charge in [0.1, 0.15) is 0 Å². The Morgan fingerprint density at radius 3 is 2.67 bits per heavy atom. The van der Waals surface area contributed by atoms with E-state index in [1.165, 1.54) is 16.1 Å². The number of ether oxygens (including phenoxy) is 1. The van der Waals surface area contributed by atoms with Crippen LogP contribution in [-0.2, 0) is 21.4 Å². The van der Waals surface area contributed by atoms with E-state index in [9.17, 15) is 8.42 Å². The summed E-state index contributed by atoms with van der Waals surface area (Å²) in [5, 5.41) is 3.36. The topological polar surface area (TPSA) is 74.2 Å². The van der Waals surface area contributed by atoms with E-state index >= 15 is 0 Å². The average molecular weight is 553 g/mol. The first kappa shape index (κ1) is 27.1. The van der Waals surface area contributed by atoms with Gasteiger partial charge < -0.3 is 15.0 Å². The van der Waals surface area contributed by atoms with Crippen LogP contribution < -0.4 is 5.32 Å². The molecule has 1 aliphatic rings. The summed E-state index contributed by atoms with van der Waals surface area (Å²) in [6.45, 7) is 9.67.